The van der Waals surface area contributed by atoms with Gasteiger partial charge in [-0.05, 0) is 43.0 Å². The molecule has 0 saturated heterocycles. The lowest BCUT2D eigenvalue weighted by atomic mass is 10.1. The van der Waals surface area contributed by atoms with Crippen molar-refractivity contribution in [1.82, 2.24) is 10.3 Å². The molecule has 0 aliphatic rings. The molecular formula is C18H22ClN3O. The molecule has 0 radical (unpaired) electrons. The Morgan fingerprint density at radius 2 is 2.09 bits per heavy atom. The van der Waals surface area contributed by atoms with Gasteiger partial charge in [0.2, 0.25) is 0 Å². The van der Waals surface area contributed by atoms with Crippen LogP contribution in [0.3, 0.4) is 0 Å². The van der Waals surface area contributed by atoms with Crippen molar-refractivity contribution in [1.29, 1.82) is 0 Å². The van der Waals surface area contributed by atoms with E-state index in [9.17, 15) is 4.79 Å². The second-order valence-corrected chi connectivity index (χ2v) is 6.35. The highest BCUT2D eigenvalue weighted by molar-refractivity contribution is 6.31. The van der Waals surface area contributed by atoms with Gasteiger partial charge in [-0.2, -0.15) is 0 Å². The third-order valence-electron chi connectivity index (χ3n) is 3.55. The van der Waals surface area contributed by atoms with Crippen molar-refractivity contribution in [2.45, 2.75) is 27.2 Å². The molecule has 0 bridgehead atoms. The molecule has 0 spiro atoms. The number of hydrogen-bond donors (Lipinski definition) is 2. The molecule has 1 amide bonds. The molecule has 122 valence electrons. The highest BCUT2D eigenvalue weighted by atomic mass is 35.5. The fourth-order valence-corrected chi connectivity index (χ4v) is 2.28. The van der Waals surface area contributed by atoms with Crippen LogP contribution in [0, 0.1) is 12.8 Å². The first-order valence-corrected chi connectivity index (χ1v) is 8.10. The van der Waals surface area contributed by atoms with E-state index in [0.29, 0.717) is 23.0 Å². The Labute approximate surface area is 142 Å². The predicted molar refractivity (Wildman–Crippen MR) is 95.5 cm³/mol. The Bertz CT molecular complexity index is 686. The number of benzene rings is 1. The van der Waals surface area contributed by atoms with E-state index >= 15 is 0 Å². The topological polar surface area (TPSA) is 54.0 Å². The zero-order valence-corrected chi connectivity index (χ0v) is 14.4. The highest BCUT2D eigenvalue weighted by Gasteiger charge is 2.08. The zero-order valence-electron chi connectivity index (χ0n) is 13.7. The number of rotatable bonds is 6. The Kier molecular flexibility index (Phi) is 5.99. The fraction of sp³-hybridized carbons (Fsp3) is 0.333. The van der Waals surface area contributed by atoms with Crippen LogP contribution in [0.25, 0.3) is 0 Å². The minimum atomic E-state index is -0.107. The van der Waals surface area contributed by atoms with Gasteiger partial charge >= 0.3 is 0 Å². The van der Waals surface area contributed by atoms with Gasteiger partial charge in [0, 0.05) is 23.5 Å². The van der Waals surface area contributed by atoms with Crippen molar-refractivity contribution in [3.63, 3.8) is 0 Å². The molecule has 0 fully saturated rings. The molecule has 5 heteroatoms. The summed E-state index contributed by atoms with van der Waals surface area (Å²) in [6.07, 6.45) is 4.21. The van der Waals surface area contributed by atoms with Crippen LogP contribution in [-0.2, 0) is 0 Å². The summed E-state index contributed by atoms with van der Waals surface area (Å²) in [4.78, 5) is 16.3. The number of amides is 1. The Hall–Kier alpha value is -2.07. The average Bonchev–Trinajstić information content (AvgIpc) is 2.52. The molecule has 0 unspecified atom stereocenters. The van der Waals surface area contributed by atoms with Crippen molar-refractivity contribution < 1.29 is 4.79 Å². The van der Waals surface area contributed by atoms with E-state index in [-0.39, 0.29) is 5.91 Å². The summed E-state index contributed by atoms with van der Waals surface area (Å²) in [6.45, 7) is 6.87. The van der Waals surface area contributed by atoms with Gasteiger partial charge in [0.05, 0.1) is 17.4 Å². The van der Waals surface area contributed by atoms with E-state index in [0.717, 1.165) is 23.4 Å². The molecule has 4 nitrogen and oxygen atoms in total. The summed E-state index contributed by atoms with van der Waals surface area (Å²) >= 11 is 6.12. The van der Waals surface area contributed by atoms with Crippen LogP contribution < -0.4 is 10.6 Å². The Morgan fingerprint density at radius 3 is 2.83 bits per heavy atom. The number of nitrogens with zero attached hydrogens (tertiary/aromatic N) is 1. The molecule has 0 saturated carbocycles. The molecular weight excluding hydrogens is 310 g/mol. The number of carbonyl (C=O) groups excluding carboxylic acids is 1. The quantitative estimate of drug-likeness (QED) is 0.815. The van der Waals surface area contributed by atoms with Gasteiger partial charge in [0.1, 0.15) is 0 Å². The zero-order chi connectivity index (χ0) is 16.8. The van der Waals surface area contributed by atoms with E-state index in [1.165, 1.54) is 0 Å². The van der Waals surface area contributed by atoms with Crippen LogP contribution in [-0.4, -0.2) is 17.4 Å². The fourth-order valence-electron chi connectivity index (χ4n) is 2.11. The van der Waals surface area contributed by atoms with E-state index < -0.39 is 0 Å². The van der Waals surface area contributed by atoms with Crippen molar-refractivity contribution in [3.8, 4) is 0 Å². The monoisotopic (exact) mass is 331 g/mol. The minimum Gasteiger partial charge on any atom is -0.354 e. The summed E-state index contributed by atoms with van der Waals surface area (Å²) in [5.74, 6) is 0.455. The van der Waals surface area contributed by atoms with E-state index in [1.54, 1.807) is 18.5 Å². The SMILES string of the molecule is Cc1c(Cl)cccc1Nc1cncc(C(=O)NCCC(C)C)c1. The number of hydrogen-bond acceptors (Lipinski definition) is 3. The van der Waals surface area contributed by atoms with Crippen LogP contribution >= 0.6 is 11.6 Å². The number of anilines is 2. The van der Waals surface area contributed by atoms with Gasteiger partial charge in [-0.15, -0.1) is 0 Å². The minimum absolute atomic E-state index is 0.107. The van der Waals surface area contributed by atoms with Gasteiger partial charge < -0.3 is 10.6 Å². The third kappa shape index (κ3) is 4.96. The van der Waals surface area contributed by atoms with E-state index in [4.69, 9.17) is 11.6 Å². The van der Waals surface area contributed by atoms with Gasteiger partial charge in [-0.3, -0.25) is 9.78 Å². The molecule has 1 aromatic carbocycles. The summed E-state index contributed by atoms with van der Waals surface area (Å²) in [5, 5.41) is 6.87. The molecule has 0 aliphatic carbocycles. The molecule has 0 atom stereocenters. The second-order valence-electron chi connectivity index (χ2n) is 5.94. The van der Waals surface area contributed by atoms with Crippen LogP contribution in [0.5, 0.6) is 0 Å². The first-order valence-electron chi connectivity index (χ1n) is 7.72. The summed E-state index contributed by atoms with van der Waals surface area (Å²) < 4.78 is 0. The summed E-state index contributed by atoms with van der Waals surface area (Å²) in [5.41, 5.74) is 3.16. The van der Waals surface area contributed by atoms with Crippen LogP contribution in [0.2, 0.25) is 5.02 Å². The molecule has 23 heavy (non-hydrogen) atoms. The van der Waals surface area contributed by atoms with Crippen molar-refractivity contribution in [2.75, 3.05) is 11.9 Å². The highest BCUT2D eigenvalue weighted by Crippen LogP contribution is 2.26. The predicted octanol–water partition coefficient (Wildman–Crippen LogP) is 4.56. The van der Waals surface area contributed by atoms with E-state index in [1.807, 2.05) is 25.1 Å². The first-order chi connectivity index (χ1) is 11.0. The lowest BCUT2D eigenvalue weighted by Gasteiger charge is -2.12. The maximum atomic E-state index is 12.2. The average molecular weight is 332 g/mol. The number of nitrogens with one attached hydrogen (secondary N) is 2. The van der Waals surface area contributed by atoms with Gasteiger partial charge in [-0.25, -0.2) is 0 Å². The van der Waals surface area contributed by atoms with Crippen LogP contribution in [0.4, 0.5) is 11.4 Å². The maximum Gasteiger partial charge on any atom is 0.252 e. The molecule has 2 N–H and O–H groups in total. The first kappa shape index (κ1) is 17.3. The molecule has 2 rings (SSSR count). The largest absolute Gasteiger partial charge is 0.354 e. The van der Waals surface area contributed by atoms with Crippen LogP contribution in [0.15, 0.2) is 36.7 Å². The smallest absolute Gasteiger partial charge is 0.252 e. The Morgan fingerprint density at radius 1 is 1.30 bits per heavy atom. The molecule has 1 aromatic heterocycles. The maximum absolute atomic E-state index is 12.2. The number of carbonyl (C=O) groups is 1. The van der Waals surface area contributed by atoms with Crippen molar-refractivity contribution >= 4 is 28.9 Å². The van der Waals surface area contributed by atoms with E-state index in [2.05, 4.69) is 29.5 Å². The van der Waals surface area contributed by atoms with Crippen molar-refractivity contribution in [3.05, 3.63) is 52.8 Å². The van der Waals surface area contributed by atoms with Gasteiger partial charge in [0.15, 0.2) is 0 Å². The standard InChI is InChI=1S/C18H22ClN3O/c1-12(2)7-8-21-18(23)14-9-15(11-20-10-14)22-17-6-4-5-16(19)13(17)3/h4-6,9-12,22H,7-8H2,1-3H3,(H,21,23). The van der Waals surface area contributed by atoms with Gasteiger partial charge in [-0.1, -0.05) is 31.5 Å². The molecule has 0 aliphatic heterocycles. The number of halogens is 1. The molecule has 1 heterocycles. The second kappa shape index (κ2) is 7.97. The van der Waals surface area contributed by atoms with Crippen LogP contribution in [0.1, 0.15) is 36.2 Å². The lowest BCUT2D eigenvalue weighted by Crippen LogP contribution is -2.25. The lowest BCUT2D eigenvalue weighted by molar-refractivity contribution is 0.0951. The molecule has 2 aromatic rings. The number of pyridine rings is 1. The Balaban J connectivity index is 2.07. The summed E-state index contributed by atoms with van der Waals surface area (Å²) in [7, 11) is 0. The normalized spacial score (nSPS) is 10.7. The third-order valence-corrected chi connectivity index (χ3v) is 3.96. The van der Waals surface area contributed by atoms with Gasteiger partial charge in [0.25, 0.3) is 5.91 Å². The summed E-state index contributed by atoms with van der Waals surface area (Å²) in [6, 6.07) is 7.46. The van der Waals surface area contributed by atoms with Crippen molar-refractivity contribution in [2.24, 2.45) is 5.92 Å². The number of aromatic nitrogens is 1.